The van der Waals surface area contributed by atoms with E-state index in [0.29, 0.717) is 0 Å². The molecule has 0 N–H and O–H groups in total. The number of nitrogens with zero attached hydrogens (tertiary/aromatic N) is 1. The fraction of sp³-hybridized carbons (Fsp3) is 0.0645. The molecule has 2 heterocycles. The maximum atomic E-state index is 2.39. The number of benzene rings is 5. The smallest absolute Gasteiger partial charge is 0.200 e. The van der Waals surface area contributed by atoms with Gasteiger partial charge in [-0.1, -0.05) is 84.6 Å². The maximum Gasteiger partial charge on any atom is 0.222 e. The van der Waals surface area contributed by atoms with Crippen LogP contribution in [-0.4, -0.2) is 0 Å². The molecule has 1 nitrogen and oxygen atoms in total. The van der Waals surface area contributed by atoms with E-state index in [4.69, 9.17) is 0 Å². The Morgan fingerprint density at radius 3 is 2.30 bits per heavy atom. The van der Waals surface area contributed by atoms with Crippen molar-refractivity contribution in [1.29, 1.82) is 0 Å². The van der Waals surface area contributed by atoms with Crippen LogP contribution in [0.25, 0.3) is 54.7 Å². The van der Waals surface area contributed by atoms with Crippen molar-refractivity contribution in [2.75, 3.05) is 0 Å². The first-order chi connectivity index (χ1) is 16.2. The van der Waals surface area contributed by atoms with Gasteiger partial charge in [-0.25, -0.2) is 4.57 Å². The van der Waals surface area contributed by atoms with E-state index in [0.717, 1.165) is 0 Å². The van der Waals surface area contributed by atoms with Gasteiger partial charge >= 0.3 is 0 Å². The largest absolute Gasteiger partial charge is 0.222 e. The molecular weight excluding hydrogens is 418 g/mol. The molecule has 0 saturated carbocycles. The minimum atomic E-state index is 1.26. The number of hydrogen-bond acceptors (Lipinski definition) is 1. The third-order valence-electron chi connectivity index (χ3n) is 7.04. The first-order valence-electron chi connectivity index (χ1n) is 11.3. The van der Waals surface area contributed by atoms with Gasteiger partial charge in [0.05, 0.1) is 10.9 Å². The fourth-order valence-corrected chi connectivity index (χ4v) is 6.81. The predicted molar refractivity (Wildman–Crippen MR) is 140 cm³/mol. The molecule has 156 valence electrons. The summed E-state index contributed by atoms with van der Waals surface area (Å²) in [5, 5.41) is 7.99. The van der Waals surface area contributed by atoms with Crippen molar-refractivity contribution in [2.24, 2.45) is 7.05 Å². The molecule has 5 aromatic carbocycles. The van der Waals surface area contributed by atoms with Gasteiger partial charge in [-0.05, 0) is 57.3 Å². The van der Waals surface area contributed by atoms with E-state index in [9.17, 15) is 0 Å². The van der Waals surface area contributed by atoms with Crippen molar-refractivity contribution < 1.29 is 4.57 Å². The van der Waals surface area contributed by atoms with Gasteiger partial charge in [-0.3, -0.25) is 0 Å². The van der Waals surface area contributed by atoms with Crippen LogP contribution < -0.4 is 4.57 Å². The van der Waals surface area contributed by atoms with Crippen LogP contribution in [0, 0.1) is 6.92 Å². The van der Waals surface area contributed by atoms with E-state index in [1.54, 1.807) is 0 Å². The summed E-state index contributed by atoms with van der Waals surface area (Å²) in [6.45, 7) is 2.28. The number of hydrogen-bond donors (Lipinski definition) is 0. The summed E-state index contributed by atoms with van der Waals surface area (Å²) in [4.78, 5) is 2.69. The van der Waals surface area contributed by atoms with Crippen molar-refractivity contribution in [3.05, 3.63) is 103 Å². The lowest BCUT2D eigenvalue weighted by Gasteiger charge is -2.22. The molecule has 0 atom stereocenters. The highest BCUT2D eigenvalue weighted by molar-refractivity contribution is 7.99. The van der Waals surface area contributed by atoms with Crippen LogP contribution in [-0.2, 0) is 7.05 Å². The van der Waals surface area contributed by atoms with Crippen LogP contribution in [0.2, 0.25) is 0 Å². The van der Waals surface area contributed by atoms with Crippen LogP contribution in [0.3, 0.4) is 0 Å². The molecule has 1 aliphatic rings. The molecule has 1 aromatic heterocycles. The topological polar surface area (TPSA) is 3.88 Å². The Bertz CT molecular complexity index is 1750. The van der Waals surface area contributed by atoms with Gasteiger partial charge in [0.2, 0.25) is 5.69 Å². The van der Waals surface area contributed by atoms with E-state index < -0.39 is 0 Å². The molecule has 0 amide bonds. The Kier molecular flexibility index (Phi) is 3.97. The van der Waals surface area contributed by atoms with Crippen LogP contribution >= 0.6 is 11.8 Å². The summed E-state index contributed by atoms with van der Waals surface area (Å²) in [5.41, 5.74) is 6.62. The summed E-state index contributed by atoms with van der Waals surface area (Å²) in [6.07, 6.45) is 2.23. The standard InChI is InChI=1S/C31H22NS/c1-19-23-13-7-6-11-21(23)17-26-28(19)31-30-25(15-16-32(31)2)29-22(18-27(30)33-26)12-8-14-24(29)20-9-4-3-5-10-20/h3-18H,1-2H3/q+1. The minimum absolute atomic E-state index is 1.26. The average molecular weight is 441 g/mol. The van der Waals surface area contributed by atoms with Gasteiger partial charge in [-0.2, -0.15) is 0 Å². The summed E-state index contributed by atoms with van der Waals surface area (Å²) >= 11 is 1.92. The quantitative estimate of drug-likeness (QED) is 0.184. The Morgan fingerprint density at radius 1 is 0.667 bits per heavy atom. The molecule has 0 bridgehead atoms. The van der Waals surface area contributed by atoms with Crippen molar-refractivity contribution in [3.8, 4) is 22.4 Å². The summed E-state index contributed by atoms with van der Waals surface area (Å²) < 4.78 is 2.31. The molecule has 0 saturated heterocycles. The van der Waals surface area contributed by atoms with Crippen molar-refractivity contribution in [1.82, 2.24) is 0 Å². The van der Waals surface area contributed by atoms with Crippen molar-refractivity contribution in [2.45, 2.75) is 16.7 Å². The second kappa shape index (κ2) is 6.94. The SMILES string of the molecule is Cc1c2c(cc3ccccc13)Sc1cc3cccc(-c4ccccc4)c3c3cc[n+](C)c-2c13. The molecule has 1 aliphatic heterocycles. The molecule has 7 rings (SSSR count). The zero-order valence-corrected chi connectivity index (χ0v) is 19.4. The molecular formula is C31H22NS+. The Labute approximate surface area is 197 Å². The highest BCUT2D eigenvalue weighted by Crippen LogP contribution is 2.51. The number of fused-ring (bicyclic) bond motifs is 5. The molecule has 6 aromatic rings. The summed E-state index contributed by atoms with van der Waals surface area (Å²) in [6, 6.07) is 33.3. The normalized spacial score (nSPS) is 12.4. The lowest BCUT2D eigenvalue weighted by atomic mass is 9.90. The molecule has 2 heteroatoms. The first kappa shape index (κ1) is 18.9. The van der Waals surface area contributed by atoms with Crippen molar-refractivity contribution >= 4 is 44.1 Å². The van der Waals surface area contributed by atoms with E-state index >= 15 is 0 Å². The second-order valence-corrected chi connectivity index (χ2v) is 9.99. The Balaban J connectivity index is 1.66. The van der Waals surface area contributed by atoms with Gasteiger partial charge in [0, 0.05) is 21.2 Å². The van der Waals surface area contributed by atoms with E-state index in [2.05, 4.69) is 116 Å². The number of aromatic nitrogens is 1. The zero-order chi connectivity index (χ0) is 22.1. The number of aryl methyl sites for hydroxylation is 2. The predicted octanol–water partition coefficient (Wildman–Crippen LogP) is 8.08. The summed E-state index contributed by atoms with van der Waals surface area (Å²) in [7, 11) is 2.18. The lowest BCUT2D eigenvalue weighted by Crippen LogP contribution is -2.31. The molecule has 0 fully saturated rings. The Hall–Kier alpha value is -3.62. The van der Waals surface area contributed by atoms with E-state index in [1.807, 2.05) is 11.8 Å². The molecule has 0 aliphatic carbocycles. The molecule has 33 heavy (non-hydrogen) atoms. The van der Waals surface area contributed by atoms with Crippen molar-refractivity contribution in [3.63, 3.8) is 0 Å². The number of pyridine rings is 1. The molecule has 0 radical (unpaired) electrons. The van der Waals surface area contributed by atoms with Crippen LogP contribution in [0.4, 0.5) is 0 Å². The average Bonchev–Trinajstić information content (AvgIpc) is 2.85. The first-order valence-corrected chi connectivity index (χ1v) is 12.2. The monoisotopic (exact) mass is 440 g/mol. The third-order valence-corrected chi connectivity index (χ3v) is 8.12. The van der Waals surface area contributed by atoms with Gasteiger partial charge < -0.3 is 0 Å². The zero-order valence-electron chi connectivity index (χ0n) is 18.6. The highest BCUT2D eigenvalue weighted by atomic mass is 32.2. The van der Waals surface area contributed by atoms with Crippen LogP contribution in [0.15, 0.2) is 107 Å². The molecule has 0 spiro atoms. The molecule has 0 unspecified atom stereocenters. The van der Waals surface area contributed by atoms with Crippen LogP contribution in [0.1, 0.15) is 5.56 Å². The maximum absolute atomic E-state index is 2.39. The highest BCUT2D eigenvalue weighted by Gasteiger charge is 2.30. The van der Waals surface area contributed by atoms with Gasteiger partial charge in [0.1, 0.15) is 7.05 Å². The van der Waals surface area contributed by atoms with Gasteiger partial charge in [-0.15, -0.1) is 0 Å². The van der Waals surface area contributed by atoms with E-state index in [-0.39, 0.29) is 0 Å². The second-order valence-electron chi connectivity index (χ2n) is 8.91. The van der Waals surface area contributed by atoms with Crippen LogP contribution in [0.5, 0.6) is 0 Å². The third kappa shape index (κ3) is 2.65. The summed E-state index contributed by atoms with van der Waals surface area (Å²) in [5.74, 6) is 0. The lowest BCUT2D eigenvalue weighted by molar-refractivity contribution is -0.659. The van der Waals surface area contributed by atoms with Gasteiger partial charge in [0.15, 0.2) is 6.20 Å². The van der Waals surface area contributed by atoms with Gasteiger partial charge in [0.25, 0.3) is 0 Å². The fourth-order valence-electron chi connectivity index (χ4n) is 5.54. The number of rotatable bonds is 1. The van der Waals surface area contributed by atoms with E-state index in [1.165, 1.54) is 70.1 Å². The minimum Gasteiger partial charge on any atom is -0.200 e. The Morgan fingerprint density at radius 2 is 1.42 bits per heavy atom.